The Morgan fingerprint density at radius 3 is 2.41 bits per heavy atom. The standard InChI is InChI=1S/C29H39ClN2O2/c1-3-19-7-12-25(13-8-19)34-27-14-11-20-9-10-21(17-26(20)28(27)30)18(2)32-23-5-4-6-24(32)16-22(15-23)29(31)33/h9-11,14,17-19,22-25H,3-8,12-13,15-16H2,1-2H3,(H2,31,33). The van der Waals surface area contributed by atoms with Gasteiger partial charge in [-0.05, 0) is 87.3 Å². The molecule has 5 rings (SSSR count). The van der Waals surface area contributed by atoms with E-state index >= 15 is 0 Å². The Bertz CT molecular complexity index is 1020. The third kappa shape index (κ3) is 4.68. The van der Waals surface area contributed by atoms with Gasteiger partial charge >= 0.3 is 0 Å². The average molecular weight is 483 g/mol. The van der Waals surface area contributed by atoms with Crippen molar-refractivity contribution >= 4 is 28.3 Å². The van der Waals surface area contributed by atoms with Gasteiger partial charge in [-0.15, -0.1) is 0 Å². The van der Waals surface area contributed by atoms with Crippen LogP contribution in [0.2, 0.25) is 5.02 Å². The van der Waals surface area contributed by atoms with E-state index in [1.165, 1.54) is 31.2 Å². The molecule has 3 aliphatic rings. The van der Waals surface area contributed by atoms with Gasteiger partial charge in [0.15, 0.2) is 0 Å². The predicted molar refractivity (Wildman–Crippen MR) is 139 cm³/mol. The zero-order chi connectivity index (χ0) is 23.8. The molecule has 0 radical (unpaired) electrons. The lowest BCUT2D eigenvalue weighted by Gasteiger charge is -2.51. The number of benzene rings is 2. The molecule has 5 heteroatoms. The minimum atomic E-state index is -0.127. The molecule has 2 aromatic carbocycles. The molecule has 1 saturated carbocycles. The van der Waals surface area contributed by atoms with Crippen LogP contribution < -0.4 is 10.5 Å². The van der Waals surface area contributed by atoms with Crippen molar-refractivity contribution in [1.82, 2.24) is 4.90 Å². The quantitative estimate of drug-likeness (QED) is 0.481. The number of halogens is 1. The summed E-state index contributed by atoms with van der Waals surface area (Å²) in [7, 11) is 0. The number of hydrogen-bond acceptors (Lipinski definition) is 3. The number of nitrogens with zero attached hydrogens (tertiary/aromatic N) is 1. The van der Waals surface area contributed by atoms with Gasteiger partial charge in [-0.3, -0.25) is 9.69 Å². The summed E-state index contributed by atoms with van der Waals surface area (Å²) < 4.78 is 6.41. The van der Waals surface area contributed by atoms with Gasteiger partial charge in [0.25, 0.3) is 0 Å². The van der Waals surface area contributed by atoms with Crippen molar-refractivity contribution in [1.29, 1.82) is 0 Å². The molecule has 0 spiro atoms. The van der Waals surface area contributed by atoms with Crippen molar-refractivity contribution in [3.8, 4) is 5.75 Å². The number of carbonyl (C=O) groups is 1. The molecule has 1 aliphatic carbocycles. The summed E-state index contributed by atoms with van der Waals surface area (Å²) in [5.41, 5.74) is 6.97. The molecule has 2 heterocycles. The van der Waals surface area contributed by atoms with Crippen LogP contribution in [0.5, 0.6) is 5.75 Å². The molecule has 34 heavy (non-hydrogen) atoms. The summed E-state index contributed by atoms with van der Waals surface area (Å²) in [6.07, 6.45) is 11.6. The maximum Gasteiger partial charge on any atom is 0.220 e. The molecule has 3 fully saturated rings. The molecule has 1 amide bonds. The van der Waals surface area contributed by atoms with E-state index in [0.717, 1.165) is 66.0 Å². The molecular formula is C29H39ClN2O2. The van der Waals surface area contributed by atoms with Crippen molar-refractivity contribution in [2.75, 3.05) is 0 Å². The van der Waals surface area contributed by atoms with Gasteiger partial charge in [0.2, 0.25) is 5.91 Å². The highest BCUT2D eigenvalue weighted by molar-refractivity contribution is 6.37. The van der Waals surface area contributed by atoms with Gasteiger partial charge < -0.3 is 10.5 Å². The molecule has 0 aromatic heterocycles. The van der Waals surface area contributed by atoms with E-state index in [2.05, 4.69) is 43.0 Å². The fourth-order valence-corrected chi connectivity index (χ4v) is 7.19. The number of rotatable bonds is 6. The highest BCUT2D eigenvalue weighted by atomic mass is 35.5. The van der Waals surface area contributed by atoms with Crippen LogP contribution in [0.3, 0.4) is 0 Å². The lowest BCUT2D eigenvalue weighted by Crippen LogP contribution is -2.54. The highest BCUT2D eigenvalue weighted by Crippen LogP contribution is 2.43. The molecular weight excluding hydrogens is 444 g/mol. The van der Waals surface area contributed by atoms with Crippen LogP contribution in [-0.4, -0.2) is 29.0 Å². The van der Waals surface area contributed by atoms with Crippen LogP contribution in [0.4, 0.5) is 0 Å². The molecule has 2 bridgehead atoms. The first-order chi connectivity index (χ1) is 16.4. The van der Waals surface area contributed by atoms with Crippen molar-refractivity contribution < 1.29 is 9.53 Å². The van der Waals surface area contributed by atoms with E-state index in [1.807, 2.05) is 6.07 Å². The van der Waals surface area contributed by atoms with Crippen LogP contribution in [0, 0.1) is 11.8 Å². The van der Waals surface area contributed by atoms with E-state index in [-0.39, 0.29) is 24.0 Å². The number of primary amides is 1. The van der Waals surface area contributed by atoms with E-state index in [9.17, 15) is 4.79 Å². The van der Waals surface area contributed by atoms with Crippen molar-refractivity contribution in [3.63, 3.8) is 0 Å². The van der Waals surface area contributed by atoms with Gasteiger partial charge in [0, 0.05) is 29.4 Å². The fraction of sp³-hybridized carbons (Fsp3) is 0.621. The second kappa shape index (κ2) is 10.1. The van der Waals surface area contributed by atoms with Crippen LogP contribution in [0.15, 0.2) is 30.3 Å². The van der Waals surface area contributed by atoms with Gasteiger partial charge in [-0.2, -0.15) is 0 Å². The molecule has 2 N–H and O–H groups in total. The summed E-state index contributed by atoms with van der Waals surface area (Å²) in [4.78, 5) is 14.6. The number of piperidine rings is 2. The van der Waals surface area contributed by atoms with E-state index < -0.39 is 0 Å². The summed E-state index contributed by atoms with van der Waals surface area (Å²) in [5, 5.41) is 2.95. The Hall–Kier alpha value is -1.78. The number of amides is 1. The number of hydrogen-bond donors (Lipinski definition) is 1. The first kappa shape index (κ1) is 23.9. The highest BCUT2D eigenvalue weighted by Gasteiger charge is 2.42. The molecule has 2 saturated heterocycles. The van der Waals surface area contributed by atoms with E-state index in [1.54, 1.807) is 0 Å². The topological polar surface area (TPSA) is 55.6 Å². The SMILES string of the molecule is CCC1CCC(Oc2ccc3ccc(C(C)N4C5CCCC4CC(C(N)=O)C5)cc3c2Cl)CC1. The molecule has 4 nitrogen and oxygen atoms in total. The van der Waals surface area contributed by atoms with Crippen LogP contribution >= 0.6 is 11.6 Å². The maximum atomic E-state index is 11.9. The predicted octanol–water partition coefficient (Wildman–Crippen LogP) is 7.02. The minimum Gasteiger partial charge on any atom is -0.489 e. The van der Waals surface area contributed by atoms with Crippen molar-refractivity contribution in [2.45, 2.75) is 102 Å². The minimum absolute atomic E-state index is 0.0249. The molecule has 184 valence electrons. The van der Waals surface area contributed by atoms with Crippen molar-refractivity contribution in [2.24, 2.45) is 17.6 Å². The summed E-state index contributed by atoms with van der Waals surface area (Å²) in [6.45, 7) is 4.59. The monoisotopic (exact) mass is 482 g/mol. The van der Waals surface area contributed by atoms with E-state index in [4.69, 9.17) is 22.1 Å². The number of fused-ring (bicyclic) bond motifs is 3. The fourth-order valence-electron chi connectivity index (χ4n) is 6.92. The first-order valence-electron chi connectivity index (χ1n) is 13.4. The Balaban J connectivity index is 1.37. The smallest absolute Gasteiger partial charge is 0.220 e. The number of ether oxygens (including phenoxy) is 1. The lowest BCUT2D eigenvalue weighted by molar-refractivity contribution is -0.126. The Morgan fingerprint density at radius 1 is 1.09 bits per heavy atom. The molecule has 2 aliphatic heterocycles. The van der Waals surface area contributed by atoms with Crippen LogP contribution in [-0.2, 0) is 4.79 Å². The summed E-state index contributed by atoms with van der Waals surface area (Å²) >= 11 is 6.94. The largest absolute Gasteiger partial charge is 0.489 e. The second-order valence-electron chi connectivity index (χ2n) is 11.0. The zero-order valence-electron chi connectivity index (χ0n) is 20.6. The summed E-state index contributed by atoms with van der Waals surface area (Å²) in [5.74, 6) is 1.57. The second-order valence-corrected chi connectivity index (χ2v) is 11.3. The first-order valence-corrected chi connectivity index (χ1v) is 13.8. The van der Waals surface area contributed by atoms with Crippen LogP contribution in [0.1, 0.15) is 89.7 Å². The third-order valence-electron chi connectivity index (χ3n) is 8.97. The lowest BCUT2D eigenvalue weighted by atomic mass is 9.76. The van der Waals surface area contributed by atoms with Gasteiger partial charge in [-0.1, -0.05) is 49.6 Å². The van der Waals surface area contributed by atoms with Gasteiger partial charge in [0.1, 0.15) is 5.75 Å². The molecule has 3 unspecified atom stereocenters. The van der Waals surface area contributed by atoms with Crippen LogP contribution in [0.25, 0.3) is 10.8 Å². The average Bonchev–Trinajstić information content (AvgIpc) is 2.84. The Morgan fingerprint density at radius 2 is 1.76 bits per heavy atom. The van der Waals surface area contributed by atoms with Gasteiger partial charge in [0.05, 0.1) is 11.1 Å². The number of nitrogens with two attached hydrogens (primary N) is 1. The normalized spacial score (nSPS) is 30.7. The molecule has 3 atom stereocenters. The van der Waals surface area contributed by atoms with Gasteiger partial charge in [-0.25, -0.2) is 0 Å². The Kier molecular flexibility index (Phi) is 7.09. The third-order valence-corrected chi connectivity index (χ3v) is 9.36. The maximum absolute atomic E-state index is 11.9. The summed E-state index contributed by atoms with van der Waals surface area (Å²) in [6, 6.07) is 12.0. The van der Waals surface area contributed by atoms with Crippen molar-refractivity contribution in [3.05, 3.63) is 40.9 Å². The number of carbonyl (C=O) groups excluding carboxylic acids is 1. The Labute approximate surface area is 209 Å². The van der Waals surface area contributed by atoms with E-state index in [0.29, 0.717) is 12.1 Å². The molecule has 2 aromatic rings. The zero-order valence-corrected chi connectivity index (χ0v) is 21.4.